The molecule has 1 aliphatic rings. The van der Waals surface area contributed by atoms with Crippen LogP contribution in [0.5, 0.6) is 11.5 Å². The van der Waals surface area contributed by atoms with E-state index in [0.29, 0.717) is 69.4 Å². The topological polar surface area (TPSA) is 103 Å². The molecule has 208 valence electrons. The first kappa shape index (κ1) is 28.0. The summed E-state index contributed by atoms with van der Waals surface area (Å²) in [7, 11) is 1.52. The Bertz CT molecular complexity index is 1650. The number of amides is 2. The van der Waals surface area contributed by atoms with Crippen molar-refractivity contribution in [1.29, 1.82) is 0 Å². The van der Waals surface area contributed by atoms with E-state index in [4.69, 9.17) is 26.1 Å². The molecular weight excluding hydrogens is 572 g/mol. The molecule has 0 atom stereocenters. The maximum absolute atomic E-state index is 14.0. The number of fused-ring (bicyclic) bond motifs is 3. The summed E-state index contributed by atoms with van der Waals surface area (Å²) in [4.78, 5) is 47.0. The summed E-state index contributed by atoms with van der Waals surface area (Å²) in [6.07, 6.45) is 0.592. The highest BCUT2D eigenvalue weighted by Crippen LogP contribution is 2.35. The first-order valence-electron chi connectivity index (χ1n) is 12.6. The summed E-state index contributed by atoms with van der Waals surface area (Å²) < 4.78 is 12.3. The number of thiophene rings is 1. The van der Waals surface area contributed by atoms with Gasteiger partial charge in [0.15, 0.2) is 5.16 Å². The van der Waals surface area contributed by atoms with Gasteiger partial charge in [0.1, 0.15) is 16.3 Å². The van der Waals surface area contributed by atoms with Crippen LogP contribution in [0, 0.1) is 0 Å². The molecule has 9 nitrogen and oxygen atoms in total. The van der Waals surface area contributed by atoms with Gasteiger partial charge in [-0.15, -0.1) is 11.3 Å². The average molecular weight is 599 g/mol. The minimum atomic E-state index is -0.276. The van der Waals surface area contributed by atoms with Gasteiger partial charge in [-0.1, -0.05) is 23.4 Å². The van der Waals surface area contributed by atoms with Crippen LogP contribution in [0.3, 0.4) is 0 Å². The van der Waals surface area contributed by atoms with Crippen molar-refractivity contribution >= 4 is 62.4 Å². The molecule has 0 saturated carbocycles. The summed E-state index contributed by atoms with van der Waals surface area (Å²) in [6, 6.07) is 12.2. The highest BCUT2D eigenvalue weighted by Gasteiger charge is 2.27. The molecule has 5 rings (SSSR count). The molecule has 0 radical (unpaired) electrons. The van der Waals surface area contributed by atoms with Crippen molar-refractivity contribution in [2.24, 2.45) is 0 Å². The van der Waals surface area contributed by atoms with Crippen molar-refractivity contribution < 1.29 is 19.1 Å². The number of rotatable bonds is 8. The lowest BCUT2D eigenvalue weighted by molar-refractivity contribution is -0.129. The van der Waals surface area contributed by atoms with E-state index in [1.807, 2.05) is 6.92 Å². The Morgan fingerprint density at radius 3 is 2.65 bits per heavy atom. The zero-order valence-corrected chi connectivity index (χ0v) is 24.5. The molecule has 1 aliphatic heterocycles. The van der Waals surface area contributed by atoms with Gasteiger partial charge < -0.3 is 19.7 Å². The van der Waals surface area contributed by atoms with Crippen LogP contribution in [0.2, 0.25) is 5.02 Å². The van der Waals surface area contributed by atoms with Gasteiger partial charge in [0.2, 0.25) is 11.8 Å². The molecule has 2 amide bonds. The van der Waals surface area contributed by atoms with E-state index in [1.54, 1.807) is 58.9 Å². The molecule has 2 aromatic heterocycles. The molecule has 0 bridgehead atoms. The van der Waals surface area contributed by atoms with Crippen LogP contribution in [-0.2, 0) is 22.6 Å². The van der Waals surface area contributed by atoms with Gasteiger partial charge >= 0.3 is 0 Å². The number of aromatic nitrogens is 2. The van der Waals surface area contributed by atoms with E-state index in [2.05, 4.69) is 5.32 Å². The lowest BCUT2D eigenvalue weighted by Gasteiger charge is -2.25. The number of hydrogen-bond donors (Lipinski definition) is 1. The standard InChI is InChI=1S/C28H27ClN4O5S2/c1-4-38-19-8-6-18(7-9-19)33-27(36)25-20-11-12-32(16(2)34)14-23(20)40-26(25)31-28(33)39-15-24(35)30-17-5-10-22(37-3)21(29)13-17/h5-10,13H,4,11-12,14-15H2,1-3H3,(H,30,35). The number of nitrogens with zero attached hydrogens (tertiary/aromatic N) is 3. The zero-order chi connectivity index (χ0) is 28.4. The third-order valence-corrected chi connectivity index (χ3v) is 8.81. The molecule has 0 aliphatic carbocycles. The third-order valence-electron chi connectivity index (χ3n) is 6.46. The quantitative estimate of drug-likeness (QED) is 0.221. The van der Waals surface area contributed by atoms with Crippen LogP contribution in [0.1, 0.15) is 24.3 Å². The Morgan fingerprint density at radius 2 is 1.98 bits per heavy atom. The number of anilines is 1. The molecule has 40 heavy (non-hydrogen) atoms. The molecule has 0 spiro atoms. The van der Waals surface area contributed by atoms with E-state index >= 15 is 0 Å². The number of carbonyl (C=O) groups is 2. The van der Waals surface area contributed by atoms with Crippen molar-refractivity contribution in [2.45, 2.75) is 32.0 Å². The Balaban J connectivity index is 1.49. The number of methoxy groups -OCH3 is 1. The number of hydrogen-bond acceptors (Lipinski definition) is 8. The number of carbonyl (C=O) groups excluding carboxylic acids is 2. The largest absolute Gasteiger partial charge is 0.495 e. The van der Waals surface area contributed by atoms with Crippen LogP contribution >= 0.6 is 34.7 Å². The van der Waals surface area contributed by atoms with Crippen LogP contribution in [0.4, 0.5) is 5.69 Å². The van der Waals surface area contributed by atoms with Gasteiger partial charge in [-0.05, 0) is 61.4 Å². The van der Waals surface area contributed by atoms with Gasteiger partial charge in [-0.2, -0.15) is 0 Å². The predicted molar refractivity (Wildman–Crippen MR) is 159 cm³/mol. The van der Waals surface area contributed by atoms with Crippen LogP contribution in [-0.4, -0.2) is 52.3 Å². The second kappa shape index (κ2) is 11.9. The van der Waals surface area contributed by atoms with E-state index in [9.17, 15) is 14.4 Å². The minimum Gasteiger partial charge on any atom is -0.495 e. The summed E-state index contributed by atoms with van der Waals surface area (Å²) >= 11 is 8.78. The maximum atomic E-state index is 14.0. The molecule has 0 fully saturated rings. The van der Waals surface area contributed by atoms with Crippen molar-refractivity contribution in [1.82, 2.24) is 14.5 Å². The summed E-state index contributed by atoms with van der Waals surface area (Å²) in [6.45, 7) is 5.00. The van der Waals surface area contributed by atoms with Crippen molar-refractivity contribution in [3.63, 3.8) is 0 Å². The molecule has 12 heteroatoms. The Morgan fingerprint density at radius 1 is 1.20 bits per heavy atom. The molecule has 2 aromatic carbocycles. The number of nitrogens with one attached hydrogen (secondary N) is 1. The van der Waals surface area contributed by atoms with Gasteiger partial charge in [-0.3, -0.25) is 19.0 Å². The summed E-state index contributed by atoms with van der Waals surface area (Å²) in [5.74, 6) is 0.944. The Hall–Kier alpha value is -3.54. The Labute approximate surface area is 244 Å². The average Bonchev–Trinajstić information content (AvgIpc) is 3.31. The predicted octanol–water partition coefficient (Wildman–Crippen LogP) is 5.14. The van der Waals surface area contributed by atoms with Crippen LogP contribution in [0.15, 0.2) is 52.4 Å². The van der Waals surface area contributed by atoms with E-state index in [1.165, 1.54) is 30.2 Å². The monoisotopic (exact) mass is 598 g/mol. The zero-order valence-electron chi connectivity index (χ0n) is 22.2. The van der Waals surface area contributed by atoms with Crippen LogP contribution in [0.25, 0.3) is 15.9 Å². The maximum Gasteiger partial charge on any atom is 0.267 e. The van der Waals surface area contributed by atoms with E-state index in [0.717, 1.165) is 10.4 Å². The molecule has 0 saturated heterocycles. The fourth-order valence-electron chi connectivity index (χ4n) is 4.55. The van der Waals surface area contributed by atoms with Crippen LogP contribution < -0.4 is 20.3 Å². The fraction of sp³-hybridized carbons (Fsp3) is 0.286. The second-order valence-electron chi connectivity index (χ2n) is 9.02. The number of benzene rings is 2. The molecule has 0 unspecified atom stereocenters. The van der Waals surface area contributed by atoms with E-state index in [-0.39, 0.29) is 23.1 Å². The van der Waals surface area contributed by atoms with Crippen molar-refractivity contribution in [2.75, 3.05) is 31.3 Å². The highest BCUT2D eigenvalue weighted by atomic mass is 35.5. The molecule has 3 heterocycles. The highest BCUT2D eigenvalue weighted by molar-refractivity contribution is 7.99. The normalized spacial score (nSPS) is 12.8. The second-order valence-corrected chi connectivity index (χ2v) is 11.5. The molecular formula is C28H27ClN4O5S2. The third kappa shape index (κ3) is 5.67. The van der Waals surface area contributed by atoms with Crippen molar-refractivity contribution in [3.05, 3.63) is 68.3 Å². The lowest BCUT2D eigenvalue weighted by Crippen LogP contribution is -2.34. The summed E-state index contributed by atoms with van der Waals surface area (Å²) in [5.41, 5.74) is 1.90. The number of ether oxygens (including phenoxy) is 2. The summed E-state index contributed by atoms with van der Waals surface area (Å²) in [5, 5.41) is 4.17. The first-order chi connectivity index (χ1) is 19.3. The van der Waals surface area contributed by atoms with Gasteiger partial charge in [-0.25, -0.2) is 4.98 Å². The Kier molecular flexibility index (Phi) is 8.34. The minimum absolute atomic E-state index is 0.00303. The SMILES string of the molecule is CCOc1ccc(-n2c(SCC(=O)Nc3ccc(OC)c(Cl)c3)nc3sc4c(c3c2=O)CCN(C(C)=O)C4)cc1. The first-order valence-corrected chi connectivity index (χ1v) is 14.8. The fourth-order valence-corrected chi connectivity index (χ4v) is 6.89. The van der Waals surface area contributed by atoms with Gasteiger partial charge in [0.25, 0.3) is 5.56 Å². The van der Waals surface area contributed by atoms with Gasteiger partial charge in [0, 0.05) is 24.0 Å². The molecule has 1 N–H and O–H groups in total. The number of thioether (sulfide) groups is 1. The smallest absolute Gasteiger partial charge is 0.267 e. The van der Waals surface area contributed by atoms with E-state index < -0.39 is 0 Å². The van der Waals surface area contributed by atoms with Gasteiger partial charge in [0.05, 0.1) is 42.1 Å². The molecule has 4 aromatic rings. The number of halogens is 1. The lowest BCUT2D eigenvalue weighted by atomic mass is 10.1. The van der Waals surface area contributed by atoms with Crippen molar-refractivity contribution in [3.8, 4) is 17.2 Å².